The quantitative estimate of drug-likeness (QED) is 0.648. The first-order valence-corrected chi connectivity index (χ1v) is 5.90. The largest absolute Gasteiger partial charge is 0.369 e. The molecular weight excluding hydrogens is 214 g/mol. The zero-order valence-electron chi connectivity index (χ0n) is 10.4. The molecule has 0 unspecified atom stereocenters. The number of carbonyl (C=O) groups is 1. The van der Waals surface area contributed by atoms with Gasteiger partial charge in [-0.2, -0.15) is 0 Å². The van der Waals surface area contributed by atoms with Crippen molar-refractivity contribution < 1.29 is 4.79 Å². The molecule has 0 aliphatic carbocycles. The second kappa shape index (κ2) is 7.81. The van der Waals surface area contributed by atoms with Gasteiger partial charge >= 0.3 is 0 Å². The third kappa shape index (κ3) is 6.71. The van der Waals surface area contributed by atoms with E-state index >= 15 is 0 Å². The normalized spacial score (nSPS) is 10.7. The Balaban J connectivity index is 2.09. The fraction of sp³-hybridized carbons (Fsp3) is 0.462. The highest BCUT2D eigenvalue weighted by Crippen LogP contribution is 2.02. The second-order valence-electron chi connectivity index (χ2n) is 4.22. The summed E-state index contributed by atoms with van der Waals surface area (Å²) in [6.07, 6.45) is 1.01. The molecule has 0 saturated carbocycles. The summed E-state index contributed by atoms with van der Waals surface area (Å²) in [5, 5.41) is 3.00. The summed E-state index contributed by atoms with van der Waals surface area (Å²) < 4.78 is 0. The van der Waals surface area contributed by atoms with Crippen LogP contribution in [0.25, 0.3) is 0 Å². The SMILES string of the molecule is CN(CCCNCC(N)=O)Cc1ccccc1. The molecule has 0 aliphatic rings. The van der Waals surface area contributed by atoms with E-state index in [0.717, 1.165) is 26.1 Å². The van der Waals surface area contributed by atoms with E-state index in [1.54, 1.807) is 0 Å². The third-order valence-corrected chi connectivity index (χ3v) is 2.49. The van der Waals surface area contributed by atoms with E-state index in [2.05, 4.69) is 41.5 Å². The molecule has 3 N–H and O–H groups in total. The molecule has 1 rings (SSSR count). The average Bonchev–Trinajstić information content (AvgIpc) is 2.29. The minimum Gasteiger partial charge on any atom is -0.369 e. The van der Waals surface area contributed by atoms with Crippen molar-refractivity contribution in [2.24, 2.45) is 5.73 Å². The van der Waals surface area contributed by atoms with E-state index < -0.39 is 0 Å². The van der Waals surface area contributed by atoms with E-state index in [4.69, 9.17) is 5.73 Å². The van der Waals surface area contributed by atoms with Crippen LogP contribution >= 0.6 is 0 Å². The molecule has 0 aromatic heterocycles. The number of hydrogen-bond donors (Lipinski definition) is 2. The summed E-state index contributed by atoms with van der Waals surface area (Å²) in [5.74, 6) is -0.303. The summed E-state index contributed by atoms with van der Waals surface area (Å²) in [6.45, 7) is 3.04. The maximum Gasteiger partial charge on any atom is 0.231 e. The standard InChI is InChI=1S/C13H21N3O/c1-16(9-5-8-15-10-13(14)17)11-12-6-3-2-4-7-12/h2-4,6-7,15H,5,8-11H2,1H3,(H2,14,17). The minimum absolute atomic E-state index is 0.266. The van der Waals surface area contributed by atoms with Crippen molar-refractivity contribution >= 4 is 5.91 Å². The molecule has 4 nitrogen and oxygen atoms in total. The van der Waals surface area contributed by atoms with Gasteiger partial charge in [-0.3, -0.25) is 4.79 Å². The Morgan fingerprint density at radius 3 is 2.71 bits per heavy atom. The lowest BCUT2D eigenvalue weighted by Gasteiger charge is -2.16. The number of rotatable bonds is 8. The molecule has 1 aromatic rings. The van der Waals surface area contributed by atoms with Crippen molar-refractivity contribution in [3.05, 3.63) is 35.9 Å². The molecule has 0 spiro atoms. The number of hydrogen-bond acceptors (Lipinski definition) is 3. The third-order valence-electron chi connectivity index (χ3n) is 2.49. The highest BCUT2D eigenvalue weighted by Gasteiger charge is 1.99. The van der Waals surface area contributed by atoms with Crippen LogP contribution in [0.3, 0.4) is 0 Å². The van der Waals surface area contributed by atoms with E-state index in [1.165, 1.54) is 5.56 Å². The van der Waals surface area contributed by atoms with Gasteiger partial charge in [0.2, 0.25) is 5.91 Å². The van der Waals surface area contributed by atoms with E-state index in [9.17, 15) is 4.79 Å². The predicted octanol–water partition coefficient (Wildman–Crippen LogP) is 0.583. The van der Waals surface area contributed by atoms with Crippen molar-refractivity contribution in [2.75, 3.05) is 26.7 Å². The van der Waals surface area contributed by atoms with Gasteiger partial charge in [-0.1, -0.05) is 30.3 Å². The summed E-state index contributed by atoms with van der Waals surface area (Å²) in [5.41, 5.74) is 6.34. The van der Waals surface area contributed by atoms with Gasteiger partial charge in [-0.05, 0) is 32.1 Å². The molecule has 0 saturated heterocycles. The van der Waals surface area contributed by atoms with Gasteiger partial charge in [0.1, 0.15) is 0 Å². The van der Waals surface area contributed by atoms with Gasteiger partial charge in [0.15, 0.2) is 0 Å². The molecule has 94 valence electrons. The molecule has 1 aromatic carbocycles. The summed E-state index contributed by atoms with van der Waals surface area (Å²) in [7, 11) is 2.10. The van der Waals surface area contributed by atoms with E-state index in [0.29, 0.717) is 0 Å². The molecular formula is C13H21N3O. The molecule has 0 heterocycles. The molecule has 4 heteroatoms. The molecule has 0 radical (unpaired) electrons. The minimum atomic E-state index is -0.303. The zero-order chi connectivity index (χ0) is 12.5. The van der Waals surface area contributed by atoms with Gasteiger partial charge in [0.25, 0.3) is 0 Å². The molecule has 0 aliphatic heterocycles. The monoisotopic (exact) mass is 235 g/mol. The first-order valence-electron chi connectivity index (χ1n) is 5.90. The Morgan fingerprint density at radius 2 is 2.06 bits per heavy atom. The van der Waals surface area contributed by atoms with Crippen LogP contribution in [0, 0.1) is 0 Å². The van der Waals surface area contributed by atoms with Crippen LogP contribution in [0.5, 0.6) is 0 Å². The van der Waals surface area contributed by atoms with Crippen LogP contribution in [0.4, 0.5) is 0 Å². The van der Waals surface area contributed by atoms with Crippen LogP contribution in [-0.4, -0.2) is 37.5 Å². The number of nitrogens with two attached hydrogens (primary N) is 1. The first-order chi connectivity index (χ1) is 8.18. The van der Waals surface area contributed by atoms with Gasteiger partial charge in [-0.25, -0.2) is 0 Å². The highest BCUT2D eigenvalue weighted by atomic mass is 16.1. The average molecular weight is 235 g/mol. The molecule has 0 fully saturated rings. The Hall–Kier alpha value is -1.39. The van der Waals surface area contributed by atoms with Crippen LogP contribution in [-0.2, 0) is 11.3 Å². The Morgan fingerprint density at radius 1 is 1.35 bits per heavy atom. The van der Waals surface area contributed by atoms with Crippen molar-refractivity contribution in [3.63, 3.8) is 0 Å². The highest BCUT2D eigenvalue weighted by molar-refractivity contribution is 5.75. The maximum atomic E-state index is 10.5. The molecule has 0 atom stereocenters. The topological polar surface area (TPSA) is 58.4 Å². The van der Waals surface area contributed by atoms with Gasteiger partial charge in [0.05, 0.1) is 6.54 Å². The molecule has 1 amide bonds. The van der Waals surface area contributed by atoms with Crippen LogP contribution in [0.1, 0.15) is 12.0 Å². The second-order valence-corrected chi connectivity index (χ2v) is 4.22. The first kappa shape index (κ1) is 13.7. The van der Waals surface area contributed by atoms with Crippen LogP contribution in [0.2, 0.25) is 0 Å². The number of amides is 1. The van der Waals surface area contributed by atoms with Crippen molar-refractivity contribution in [1.29, 1.82) is 0 Å². The van der Waals surface area contributed by atoms with Crippen LogP contribution in [0.15, 0.2) is 30.3 Å². The van der Waals surface area contributed by atoms with Gasteiger partial charge in [-0.15, -0.1) is 0 Å². The van der Waals surface area contributed by atoms with Gasteiger partial charge in [0, 0.05) is 6.54 Å². The lowest BCUT2D eigenvalue weighted by Crippen LogP contribution is -2.30. The molecule has 17 heavy (non-hydrogen) atoms. The van der Waals surface area contributed by atoms with Gasteiger partial charge < -0.3 is 16.0 Å². The Kier molecular flexibility index (Phi) is 6.29. The number of carbonyl (C=O) groups excluding carboxylic acids is 1. The number of nitrogens with zero attached hydrogens (tertiary/aromatic N) is 1. The lowest BCUT2D eigenvalue weighted by molar-refractivity contribution is -0.117. The smallest absolute Gasteiger partial charge is 0.231 e. The fourth-order valence-electron chi connectivity index (χ4n) is 1.66. The zero-order valence-corrected chi connectivity index (χ0v) is 10.4. The Bertz CT molecular complexity index is 327. The maximum absolute atomic E-state index is 10.5. The predicted molar refractivity (Wildman–Crippen MR) is 69.5 cm³/mol. The fourth-order valence-corrected chi connectivity index (χ4v) is 1.66. The van der Waals surface area contributed by atoms with Crippen molar-refractivity contribution in [3.8, 4) is 0 Å². The number of nitrogens with one attached hydrogen (secondary N) is 1. The van der Waals surface area contributed by atoms with Crippen LogP contribution < -0.4 is 11.1 Å². The van der Waals surface area contributed by atoms with E-state index in [-0.39, 0.29) is 12.5 Å². The lowest BCUT2D eigenvalue weighted by atomic mass is 10.2. The van der Waals surface area contributed by atoms with E-state index in [1.807, 2.05) is 6.07 Å². The van der Waals surface area contributed by atoms with Crippen molar-refractivity contribution in [1.82, 2.24) is 10.2 Å². The number of primary amides is 1. The summed E-state index contributed by atoms with van der Waals surface area (Å²) in [4.78, 5) is 12.8. The summed E-state index contributed by atoms with van der Waals surface area (Å²) >= 11 is 0. The van der Waals surface area contributed by atoms with Crippen molar-refractivity contribution in [2.45, 2.75) is 13.0 Å². The molecule has 0 bridgehead atoms. The number of benzene rings is 1. The Labute approximate surface area is 103 Å². The summed E-state index contributed by atoms with van der Waals surface area (Å²) in [6, 6.07) is 10.4.